The fourth-order valence-electron chi connectivity index (χ4n) is 3.63. The Morgan fingerprint density at radius 1 is 1.14 bits per heavy atom. The van der Waals surface area contributed by atoms with Gasteiger partial charge in [0.2, 0.25) is 0 Å². The summed E-state index contributed by atoms with van der Waals surface area (Å²) in [6.07, 6.45) is 1.74. The van der Waals surface area contributed by atoms with Crippen molar-refractivity contribution in [1.82, 2.24) is 5.32 Å². The topological polar surface area (TPSA) is 56.8 Å². The largest absolute Gasteiger partial charge is 0.490 e. The molecule has 2 aromatic rings. The van der Waals surface area contributed by atoms with Gasteiger partial charge in [0, 0.05) is 36.3 Å². The quantitative estimate of drug-likeness (QED) is 0.564. The molecule has 0 bridgehead atoms. The van der Waals surface area contributed by atoms with Crippen LogP contribution in [0.25, 0.3) is 0 Å². The summed E-state index contributed by atoms with van der Waals surface area (Å²) in [5.41, 5.74) is 1.62. The molecule has 29 heavy (non-hydrogen) atoms. The van der Waals surface area contributed by atoms with Crippen LogP contribution in [0.4, 0.5) is 0 Å². The van der Waals surface area contributed by atoms with E-state index in [0.29, 0.717) is 50.9 Å². The van der Waals surface area contributed by atoms with Gasteiger partial charge in [0.05, 0.1) is 12.2 Å². The number of amides is 1. The smallest absolute Gasteiger partial charge is 0.255 e. The van der Waals surface area contributed by atoms with E-state index in [0.717, 1.165) is 17.3 Å². The number of rotatable bonds is 9. The number of carbonyl (C=O) groups excluding carboxylic acids is 1. The van der Waals surface area contributed by atoms with E-state index in [1.54, 1.807) is 6.07 Å². The number of hydrogen-bond donors (Lipinski definition) is 1. The summed E-state index contributed by atoms with van der Waals surface area (Å²) in [5, 5.41) is 3.15. The molecule has 1 amide bonds. The number of halogens is 1. The summed E-state index contributed by atoms with van der Waals surface area (Å²) in [6, 6.07) is 15.7. The van der Waals surface area contributed by atoms with Crippen LogP contribution < -0.4 is 10.1 Å². The Balaban J connectivity index is 1.71. The van der Waals surface area contributed by atoms with Crippen molar-refractivity contribution in [3.05, 3.63) is 64.1 Å². The zero-order chi connectivity index (χ0) is 20.5. The van der Waals surface area contributed by atoms with Crippen molar-refractivity contribution < 1.29 is 19.0 Å². The molecule has 0 radical (unpaired) electrons. The number of ether oxygens (including phenoxy) is 3. The average Bonchev–Trinajstić information content (AvgIpc) is 2.76. The zero-order valence-corrected chi connectivity index (χ0v) is 18.4. The van der Waals surface area contributed by atoms with Gasteiger partial charge < -0.3 is 19.5 Å². The predicted octanol–water partition coefficient (Wildman–Crippen LogP) is 4.34. The highest BCUT2D eigenvalue weighted by Gasteiger charge is 2.35. The number of hydrogen-bond acceptors (Lipinski definition) is 4. The third-order valence-corrected chi connectivity index (χ3v) is 5.79. The molecule has 6 heteroatoms. The van der Waals surface area contributed by atoms with Crippen LogP contribution in [-0.2, 0) is 14.9 Å². The third kappa shape index (κ3) is 5.81. The maximum absolute atomic E-state index is 13.0. The van der Waals surface area contributed by atoms with Crippen LogP contribution in [0, 0.1) is 0 Å². The summed E-state index contributed by atoms with van der Waals surface area (Å²) >= 11 is 3.57. The molecule has 1 N–H and O–H groups in total. The second-order valence-corrected chi connectivity index (χ2v) is 8.04. The van der Waals surface area contributed by atoms with Gasteiger partial charge in [-0.1, -0.05) is 40.2 Å². The van der Waals surface area contributed by atoms with Crippen molar-refractivity contribution >= 4 is 21.8 Å². The zero-order valence-electron chi connectivity index (χ0n) is 16.8. The minimum Gasteiger partial charge on any atom is -0.490 e. The van der Waals surface area contributed by atoms with Gasteiger partial charge in [0.1, 0.15) is 12.4 Å². The van der Waals surface area contributed by atoms with Crippen molar-refractivity contribution in [2.75, 3.05) is 39.6 Å². The Hall–Kier alpha value is -1.89. The Bertz CT molecular complexity index is 805. The van der Waals surface area contributed by atoms with Gasteiger partial charge in [-0.15, -0.1) is 0 Å². The summed E-state index contributed by atoms with van der Waals surface area (Å²) in [6.45, 7) is 5.44. The van der Waals surface area contributed by atoms with Gasteiger partial charge in [-0.05, 0) is 49.6 Å². The number of nitrogens with one attached hydrogen (secondary N) is 1. The molecule has 5 nitrogen and oxygen atoms in total. The van der Waals surface area contributed by atoms with E-state index in [4.69, 9.17) is 14.2 Å². The molecule has 1 aliphatic heterocycles. The lowest BCUT2D eigenvalue weighted by molar-refractivity contribution is 0.0486. The summed E-state index contributed by atoms with van der Waals surface area (Å²) in [5.74, 6) is 0.450. The van der Waals surface area contributed by atoms with Crippen LogP contribution in [0.2, 0.25) is 0 Å². The van der Waals surface area contributed by atoms with Crippen molar-refractivity contribution in [2.24, 2.45) is 0 Å². The van der Waals surface area contributed by atoms with E-state index in [2.05, 4.69) is 33.4 Å². The van der Waals surface area contributed by atoms with Crippen LogP contribution in [0.15, 0.2) is 53.0 Å². The lowest BCUT2D eigenvalue weighted by Crippen LogP contribution is -2.44. The Morgan fingerprint density at radius 3 is 2.69 bits per heavy atom. The van der Waals surface area contributed by atoms with Gasteiger partial charge in [0.15, 0.2) is 0 Å². The molecule has 0 saturated carbocycles. The summed E-state index contributed by atoms with van der Waals surface area (Å²) in [4.78, 5) is 13.0. The Morgan fingerprint density at radius 2 is 1.93 bits per heavy atom. The highest BCUT2D eigenvalue weighted by atomic mass is 79.9. The third-order valence-electron chi connectivity index (χ3n) is 5.30. The van der Waals surface area contributed by atoms with E-state index >= 15 is 0 Å². The van der Waals surface area contributed by atoms with E-state index in [9.17, 15) is 4.79 Å². The standard InChI is InChI=1S/C23H28BrNO4/c1-2-27-14-15-29-21-9-4-3-8-20(21)22(26)25-17-23(10-12-28-13-11-23)18-6-5-7-19(24)16-18/h3-9,16H,2,10-15,17H2,1H3,(H,25,26). The molecule has 1 aliphatic rings. The minimum absolute atomic E-state index is 0.127. The molecule has 156 valence electrons. The van der Waals surface area contributed by atoms with E-state index in [1.807, 2.05) is 37.3 Å². The van der Waals surface area contributed by atoms with E-state index in [1.165, 1.54) is 5.56 Å². The van der Waals surface area contributed by atoms with Crippen molar-refractivity contribution in [3.8, 4) is 5.75 Å². The van der Waals surface area contributed by atoms with Gasteiger partial charge >= 0.3 is 0 Å². The van der Waals surface area contributed by atoms with Crippen LogP contribution in [-0.4, -0.2) is 45.5 Å². The lowest BCUT2D eigenvalue weighted by atomic mass is 9.74. The molecule has 0 aromatic heterocycles. The molecule has 0 aliphatic carbocycles. The predicted molar refractivity (Wildman–Crippen MR) is 117 cm³/mol. The van der Waals surface area contributed by atoms with Gasteiger partial charge in [-0.2, -0.15) is 0 Å². The highest BCUT2D eigenvalue weighted by Crippen LogP contribution is 2.35. The fourth-order valence-corrected chi connectivity index (χ4v) is 4.03. The number of para-hydroxylation sites is 1. The molecule has 1 heterocycles. The highest BCUT2D eigenvalue weighted by molar-refractivity contribution is 9.10. The first-order chi connectivity index (χ1) is 14.1. The van der Waals surface area contributed by atoms with Gasteiger partial charge in [0.25, 0.3) is 5.91 Å². The summed E-state index contributed by atoms with van der Waals surface area (Å²) < 4.78 is 17.7. The maximum atomic E-state index is 13.0. The first-order valence-corrected chi connectivity index (χ1v) is 10.9. The van der Waals surface area contributed by atoms with E-state index in [-0.39, 0.29) is 11.3 Å². The number of carbonyl (C=O) groups is 1. The second kappa shape index (κ2) is 10.8. The Kier molecular flexibility index (Phi) is 8.09. The molecule has 0 atom stereocenters. The molecule has 2 aromatic carbocycles. The van der Waals surface area contributed by atoms with Crippen LogP contribution in [0.5, 0.6) is 5.75 Å². The number of benzene rings is 2. The van der Waals surface area contributed by atoms with E-state index < -0.39 is 0 Å². The van der Waals surface area contributed by atoms with Crippen molar-refractivity contribution in [1.29, 1.82) is 0 Å². The first-order valence-electron chi connectivity index (χ1n) is 10.1. The molecule has 0 spiro atoms. The van der Waals surface area contributed by atoms with Gasteiger partial charge in [-0.3, -0.25) is 4.79 Å². The molecular weight excluding hydrogens is 434 g/mol. The second-order valence-electron chi connectivity index (χ2n) is 7.13. The molecule has 1 saturated heterocycles. The SMILES string of the molecule is CCOCCOc1ccccc1C(=O)NCC1(c2cccc(Br)c2)CCOCC1. The van der Waals surface area contributed by atoms with Crippen molar-refractivity contribution in [2.45, 2.75) is 25.2 Å². The Labute approximate surface area is 180 Å². The van der Waals surface area contributed by atoms with Crippen LogP contribution in [0.1, 0.15) is 35.7 Å². The van der Waals surface area contributed by atoms with Gasteiger partial charge in [-0.25, -0.2) is 0 Å². The molecule has 1 fully saturated rings. The molecule has 0 unspecified atom stereocenters. The summed E-state index contributed by atoms with van der Waals surface area (Å²) in [7, 11) is 0. The molecular formula is C23H28BrNO4. The van der Waals surface area contributed by atoms with Crippen molar-refractivity contribution in [3.63, 3.8) is 0 Å². The van der Waals surface area contributed by atoms with Crippen LogP contribution in [0.3, 0.4) is 0 Å². The first kappa shape index (κ1) is 21.8. The lowest BCUT2D eigenvalue weighted by Gasteiger charge is -2.38. The average molecular weight is 462 g/mol. The normalized spacial score (nSPS) is 15.7. The fraction of sp³-hybridized carbons (Fsp3) is 0.435. The van der Waals surface area contributed by atoms with Crippen LogP contribution >= 0.6 is 15.9 Å². The molecule has 3 rings (SSSR count). The minimum atomic E-state index is -0.136. The maximum Gasteiger partial charge on any atom is 0.255 e. The monoisotopic (exact) mass is 461 g/mol.